The van der Waals surface area contributed by atoms with Crippen LogP contribution in [0, 0.1) is 11.7 Å². The second-order valence-electron chi connectivity index (χ2n) is 6.07. The van der Waals surface area contributed by atoms with Gasteiger partial charge in [-0.05, 0) is 35.7 Å². The first-order valence-electron chi connectivity index (χ1n) is 8.53. The Bertz CT molecular complexity index is 720. The van der Waals surface area contributed by atoms with Crippen molar-refractivity contribution in [2.24, 2.45) is 5.92 Å². The number of rotatable bonds is 7. The maximum atomic E-state index is 13.0. The second-order valence-corrected chi connectivity index (χ2v) is 6.07. The molecule has 2 aromatic carbocycles. The van der Waals surface area contributed by atoms with Crippen molar-refractivity contribution in [3.8, 4) is 0 Å². The summed E-state index contributed by atoms with van der Waals surface area (Å²) in [6.07, 6.45) is 0.0360. The van der Waals surface area contributed by atoms with Crippen molar-refractivity contribution in [2.75, 3.05) is 5.32 Å². The highest BCUT2D eigenvalue weighted by Gasteiger charge is 2.26. The van der Waals surface area contributed by atoms with Crippen LogP contribution in [0.5, 0.6) is 0 Å². The number of hydrogen-bond acceptors (Lipinski definition) is 3. The highest BCUT2D eigenvalue weighted by atomic mass is 19.1. The standard InChI is InChI=1S/C20H23FN2O3/c1-3-14(2)18(19(24)22-17-11-9-16(21)10-12-17)23-20(25)26-13-15-7-5-4-6-8-15/h4-12,14,18H,3,13H2,1-2H3,(H,22,24)(H,23,25)/t14-,18-/m0/s1. The smallest absolute Gasteiger partial charge is 0.408 e. The van der Waals surface area contributed by atoms with Crippen molar-refractivity contribution in [1.82, 2.24) is 5.32 Å². The molecule has 2 rings (SSSR count). The van der Waals surface area contributed by atoms with Crippen molar-refractivity contribution in [1.29, 1.82) is 0 Å². The van der Waals surface area contributed by atoms with Gasteiger partial charge in [0.1, 0.15) is 18.5 Å². The minimum Gasteiger partial charge on any atom is -0.445 e. The fourth-order valence-electron chi connectivity index (χ4n) is 2.35. The van der Waals surface area contributed by atoms with E-state index in [1.807, 2.05) is 44.2 Å². The van der Waals surface area contributed by atoms with Crippen LogP contribution in [-0.2, 0) is 16.1 Å². The summed E-state index contributed by atoms with van der Waals surface area (Å²) in [6.45, 7) is 3.92. The molecular formula is C20H23FN2O3. The quantitative estimate of drug-likeness (QED) is 0.783. The van der Waals surface area contributed by atoms with Crippen LogP contribution in [0.15, 0.2) is 54.6 Å². The highest BCUT2D eigenvalue weighted by molar-refractivity contribution is 5.96. The fraction of sp³-hybridized carbons (Fsp3) is 0.300. The lowest BCUT2D eigenvalue weighted by Gasteiger charge is -2.23. The van der Waals surface area contributed by atoms with Crippen molar-refractivity contribution >= 4 is 17.7 Å². The molecule has 0 bridgehead atoms. The molecule has 0 aliphatic carbocycles. The van der Waals surface area contributed by atoms with Crippen LogP contribution in [0.3, 0.4) is 0 Å². The molecule has 0 radical (unpaired) electrons. The van der Waals surface area contributed by atoms with Gasteiger partial charge in [-0.15, -0.1) is 0 Å². The van der Waals surface area contributed by atoms with E-state index in [9.17, 15) is 14.0 Å². The van der Waals surface area contributed by atoms with Crippen LogP contribution in [-0.4, -0.2) is 18.0 Å². The third-order valence-electron chi connectivity index (χ3n) is 4.09. The molecule has 5 nitrogen and oxygen atoms in total. The van der Waals surface area contributed by atoms with E-state index in [1.165, 1.54) is 24.3 Å². The van der Waals surface area contributed by atoms with Crippen LogP contribution in [0.25, 0.3) is 0 Å². The first-order valence-corrected chi connectivity index (χ1v) is 8.53. The van der Waals surface area contributed by atoms with Gasteiger partial charge in [0.05, 0.1) is 0 Å². The third-order valence-corrected chi connectivity index (χ3v) is 4.09. The van der Waals surface area contributed by atoms with E-state index in [1.54, 1.807) is 0 Å². The lowest BCUT2D eigenvalue weighted by atomic mass is 9.98. The van der Waals surface area contributed by atoms with Gasteiger partial charge in [0.25, 0.3) is 0 Å². The minimum atomic E-state index is -0.756. The van der Waals surface area contributed by atoms with Crippen molar-refractivity contribution in [3.63, 3.8) is 0 Å². The topological polar surface area (TPSA) is 67.4 Å². The van der Waals surface area contributed by atoms with E-state index in [-0.39, 0.29) is 24.2 Å². The molecule has 0 heterocycles. The fourth-order valence-corrected chi connectivity index (χ4v) is 2.35. The molecule has 6 heteroatoms. The maximum Gasteiger partial charge on any atom is 0.408 e. The van der Waals surface area contributed by atoms with Crippen LogP contribution in [0.4, 0.5) is 14.9 Å². The van der Waals surface area contributed by atoms with E-state index in [0.717, 1.165) is 5.56 Å². The summed E-state index contributed by atoms with van der Waals surface area (Å²) in [5.74, 6) is -0.855. The molecule has 0 aromatic heterocycles. The number of carbonyl (C=O) groups excluding carboxylic acids is 2. The zero-order valence-corrected chi connectivity index (χ0v) is 14.9. The number of benzene rings is 2. The van der Waals surface area contributed by atoms with Gasteiger partial charge in [0.2, 0.25) is 5.91 Å². The van der Waals surface area contributed by atoms with E-state index in [0.29, 0.717) is 12.1 Å². The van der Waals surface area contributed by atoms with E-state index < -0.39 is 12.1 Å². The predicted molar refractivity (Wildman–Crippen MR) is 98.0 cm³/mol. The molecule has 2 aromatic rings. The van der Waals surface area contributed by atoms with Crippen molar-refractivity contribution in [2.45, 2.75) is 32.9 Å². The van der Waals surface area contributed by atoms with Gasteiger partial charge in [-0.25, -0.2) is 9.18 Å². The molecule has 0 aliphatic rings. The van der Waals surface area contributed by atoms with Gasteiger partial charge in [0, 0.05) is 5.69 Å². The lowest BCUT2D eigenvalue weighted by Crippen LogP contribution is -2.47. The van der Waals surface area contributed by atoms with Gasteiger partial charge in [-0.3, -0.25) is 4.79 Å². The Hall–Kier alpha value is -2.89. The Morgan fingerprint density at radius 1 is 1.08 bits per heavy atom. The monoisotopic (exact) mass is 358 g/mol. The number of ether oxygens (including phenoxy) is 1. The zero-order valence-electron chi connectivity index (χ0n) is 14.9. The van der Waals surface area contributed by atoms with Crippen molar-refractivity contribution in [3.05, 3.63) is 66.0 Å². The van der Waals surface area contributed by atoms with Gasteiger partial charge in [0.15, 0.2) is 0 Å². The van der Waals surface area contributed by atoms with Gasteiger partial charge >= 0.3 is 6.09 Å². The third kappa shape index (κ3) is 5.88. The summed E-state index contributed by atoms with van der Waals surface area (Å²) in [5, 5.41) is 5.31. The summed E-state index contributed by atoms with van der Waals surface area (Å²) >= 11 is 0. The second kappa shape index (κ2) is 9.56. The summed E-state index contributed by atoms with van der Waals surface area (Å²) in [5.41, 5.74) is 1.32. The normalized spacial score (nSPS) is 12.7. The van der Waals surface area contributed by atoms with Crippen LogP contribution >= 0.6 is 0 Å². The number of carbonyl (C=O) groups is 2. The minimum absolute atomic E-state index is 0.0975. The molecule has 0 saturated heterocycles. The van der Waals surface area contributed by atoms with Crippen LogP contribution in [0.2, 0.25) is 0 Å². The molecule has 0 aliphatic heterocycles. The lowest BCUT2D eigenvalue weighted by molar-refractivity contribution is -0.119. The molecule has 0 saturated carbocycles. The zero-order chi connectivity index (χ0) is 18.9. The highest BCUT2D eigenvalue weighted by Crippen LogP contribution is 2.13. The Kier molecular flexibility index (Phi) is 7.14. The Morgan fingerprint density at radius 3 is 2.35 bits per heavy atom. The van der Waals surface area contributed by atoms with Crippen LogP contribution in [0.1, 0.15) is 25.8 Å². The molecular weight excluding hydrogens is 335 g/mol. The Morgan fingerprint density at radius 2 is 1.73 bits per heavy atom. The number of anilines is 1. The number of nitrogens with one attached hydrogen (secondary N) is 2. The molecule has 138 valence electrons. The Balaban J connectivity index is 1.96. The van der Waals surface area contributed by atoms with E-state index in [4.69, 9.17) is 4.74 Å². The summed E-state index contributed by atoms with van der Waals surface area (Å²) in [7, 11) is 0. The SMILES string of the molecule is CC[C@H](C)[C@H](NC(=O)OCc1ccccc1)C(=O)Nc1ccc(F)cc1. The largest absolute Gasteiger partial charge is 0.445 e. The average Bonchev–Trinajstić information content (AvgIpc) is 2.66. The van der Waals surface area contributed by atoms with Gasteiger partial charge < -0.3 is 15.4 Å². The van der Waals surface area contributed by atoms with E-state index in [2.05, 4.69) is 10.6 Å². The molecule has 2 atom stereocenters. The van der Waals surface area contributed by atoms with Crippen molar-refractivity contribution < 1.29 is 18.7 Å². The summed E-state index contributed by atoms with van der Waals surface area (Å²) in [6, 6.07) is 14.0. The number of hydrogen-bond donors (Lipinski definition) is 2. The number of alkyl carbamates (subject to hydrolysis) is 1. The molecule has 26 heavy (non-hydrogen) atoms. The molecule has 2 N–H and O–H groups in total. The molecule has 0 spiro atoms. The summed E-state index contributed by atoms with van der Waals surface area (Å²) in [4.78, 5) is 24.6. The first-order chi connectivity index (χ1) is 12.5. The molecule has 0 unspecified atom stereocenters. The average molecular weight is 358 g/mol. The molecule has 2 amide bonds. The van der Waals surface area contributed by atoms with Crippen LogP contribution < -0.4 is 10.6 Å². The van der Waals surface area contributed by atoms with E-state index >= 15 is 0 Å². The number of amides is 2. The summed E-state index contributed by atoms with van der Waals surface area (Å²) < 4.78 is 18.2. The number of halogens is 1. The first kappa shape index (κ1) is 19.4. The maximum absolute atomic E-state index is 13.0. The molecule has 0 fully saturated rings. The van der Waals surface area contributed by atoms with Gasteiger partial charge in [-0.2, -0.15) is 0 Å². The Labute approximate surface area is 152 Å². The predicted octanol–water partition coefficient (Wildman–Crippen LogP) is 4.11. The van der Waals surface area contributed by atoms with Gasteiger partial charge in [-0.1, -0.05) is 50.6 Å².